The standard InChI is InChI=1S/C8H8ClNO3S/c1-6(11)10-14(12,13)8-5-3-2-4-7(8)9/h2-5H,1H3,(H,10,11). The number of hydrogen-bond donors (Lipinski definition) is 1. The Bertz CT molecular complexity index is 455. The maximum Gasteiger partial charge on any atom is 0.265 e. The third kappa shape index (κ3) is 2.46. The topological polar surface area (TPSA) is 63.2 Å². The van der Waals surface area contributed by atoms with E-state index in [1.165, 1.54) is 18.2 Å². The highest BCUT2D eigenvalue weighted by atomic mass is 35.5. The van der Waals surface area contributed by atoms with Gasteiger partial charge in [-0.15, -0.1) is 0 Å². The zero-order valence-electron chi connectivity index (χ0n) is 7.32. The van der Waals surface area contributed by atoms with Crippen LogP contribution < -0.4 is 4.72 Å². The molecule has 0 saturated heterocycles. The minimum atomic E-state index is -3.82. The fourth-order valence-electron chi connectivity index (χ4n) is 0.907. The van der Waals surface area contributed by atoms with Crippen LogP contribution in [0.4, 0.5) is 0 Å². The molecule has 4 nitrogen and oxygen atoms in total. The van der Waals surface area contributed by atoms with Crippen molar-refractivity contribution in [3.63, 3.8) is 0 Å². The van der Waals surface area contributed by atoms with Crippen LogP contribution in [0.15, 0.2) is 29.2 Å². The quantitative estimate of drug-likeness (QED) is 0.834. The van der Waals surface area contributed by atoms with E-state index < -0.39 is 15.9 Å². The predicted octanol–water partition coefficient (Wildman–Crippen LogP) is 1.16. The molecule has 1 N–H and O–H groups in total. The monoisotopic (exact) mass is 233 g/mol. The Morgan fingerprint density at radius 2 is 1.93 bits per heavy atom. The number of carbonyl (C=O) groups excluding carboxylic acids is 1. The molecule has 76 valence electrons. The lowest BCUT2D eigenvalue weighted by Gasteiger charge is -2.05. The zero-order valence-corrected chi connectivity index (χ0v) is 8.89. The number of carbonyl (C=O) groups is 1. The number of benzene rings is 1. The van der Waals surface area contributed by atoms with Gasteiger partial charge in [-0.05, 0) is 12.1 Å². The molecule has 0 aromatic heterocycles. The number of hydrogen-bond acceptors (Lipinski definition) is 3. The Hall–Kier alpha value is -1.07. The van der Waals surface area contributed by atoms with Crippen LogP contribution in [0, 0.1) is 0 Å². The molecule has 0 fully saturated rings. The summed E-state index contributed by atoms with van der Waals surface area (Å²) >= 11 is 5.66. The molecule has 0 aliphatic rings. The van der Waals surface area contributed by atoms with Crippen LogP contribution >= 0.6 is 11.6 Å². The molecule has 0 atom stereocenters. The molecule has 0 heterocycles. The first-order valence-corrected chi connectivity index (χ1v) is 5.57. The molecule has 0 aliphatic carbocycles. The molecule has 1 amide bonds. The van der Waals surface area contributed by atoms with E-state index in [1.807, 2.05) is 4.72 Å². The van der Waals surface area contributed by atoms with Crippen molar-refractivity contribution in [2.75, 3.05) is 0 Å². The van der Waals surface area contributed by atoms with E-state index in [2.05, 4.69) is 0 Å². The fraction of sp³-hybridized carbons (Fsp3) is 0.125. The summed E-state index contributed by atoms with van der Waals surface area (Å²) in [4.78, 5) is 10.5. The molecule has 0 unspecified atom stereocenters. The third-order valence-electron chi connectivity index (χ3n) is 1.40. The molecule has 14 heavy (non-hydrogen) atoms. The van der Waals surface area contributed by atoms with Crippen molar-refractivity contribution in [1.82, 2.24) is 4.72 Å². The first kappa shape index (κ1) is 11.0. The highest BCUT2D eigenvalue weighted by Gasteiger charge is 2.17. The molecule has 6 heteroatoms. The SMILES string of the molecule is CC(=O)NS(=O)(=O)c1ccccc1Cl. The highest BCUT2D eigenvalue weighted by Crippen LogP contribution is 2.19. The van der Waals surface area contributed by atoms with Gasteiger partial charge in [0.05, 0.1) is 5.02 Å². The molecule has 1 aromatic carbocycles. The molecule has 0 aliphatic heterocycles. The average molecular weight is 234 g/mol. The van der Waals surface area contributed by atoms with Gasteiger partial charge in [-0.25, -0.2) is 13.1 Å². The van der Waals surface area contributed by atoms with Crippen LogP contribution in [0.2, 0.25) is 5.02 Å². The van der Waals surface area contributed by atoms with Gasteiger partial charge in [0.2, 0.25) is 5.91 Å². The molecule has 0 saturated carbocycles. The second-order valence-electron chi connectivity index (χ2n) is 2.59. The number of sulfonamides is 1. The smallest absolute Gasteiger partial charge is 0.265 e. The van der Waals surface area contributed by atoms with Crippen LogP contribution in [0.5, 0.6) is 0 Å². The van der Waals surface area contributed by atoms with Crippen LogP contribution in [0.3, 0.4) is 0 Å². The summed E-state index contributed by atoms with van der Waals surface area (Å²) in [5.41, 5.74) is 0. The predicted molar refractivity (Wildman–Crippen MR) is 52.5 cm³/mol. The van der Waals surface area contributed by atoms with Gasteiger partial charge in [-0.1, -0.05) is 23.7 Å². The van der Waals surface area contributed by atoms with E-state index in [1.54, 1.807) is 6.07 Å². The fourth-order valence-corrected chi connectivity index (χ4v) is 2.42. The van der Waals surface area contributed by atoms with Gasteiger partial charge in [-0.3, -0.25) is 4.79 Å². The van der Waals surface area contributed by atoms with Crippen molar-refractivity contribution in [1.29, 1.82) is 0 Å². The van der Waals surface area contributed by atoms with Crippen molar-refractivity contribution in [2.24, 2.45) is 0 Å². The van der Waals surface area contributed by atoms with Gasteiger partial charge < -0.3 is 0 Å². The van der Waals surface area contributed by atoms with Gasteiger partial charge in [-0.2, -0.15) is 0 Å². The summed E-state index contributed by atoms with van der Waals surface area (Å²) in [7, 11) is -3.82. The largest absolute Gasteiger partial charge is 0.274 e. The minimum absolute atomic E-state index is 0.0845. The van der Waals surface area contributed by atoms with Crippen LogP contribution in [-0.4, -0.2) is 14.3 Å². The van der Waals surface area contributed by atoms with E-state index >= 15 is 0 Å². The van der Waals surface area contributed by atoms with Gasteiger partial charge in [0, 0.05) is 6.92 Å². The van der Waals surface area contributed by atoms with Gasteiger partial charge in [0.25, 0.3) is 10.0 Å². The molecule has 1 aromatic rings. The zero-order chi connectivity index (χ0) is 10.8. The second-order valence-corrected chi connectivity index (χ2v) is 4.65. The van der Waals surface area contributed by atoms with Crippen molar-refractivity contribution < 1.29 is 13.2 Å². The van der Waals surface area contributed by atoms with Crippen LogP contribution in [0.1, 0.15) is 6.92 Å². The summed E-state index contributed by atoms with van der Waals surface area (Å²) in [6, 6.07) is 5.90. The molecule has 1 rings (SSSR count). The molecular formula is C8H8ClNO3S. The average Bonchev–Trinajstić information content (AvgIpc) is 2.02. The maximum atomic E-state index is 11.4. The van der Waals surface area contributed by atoms with E-state index in [0.29, 0.717) is 0 Å². The first-order valence-electron chi connectivity index (χ1n) is 3.71. The van der Waals surface area contributed by atoms with Gasteiger partial charge in [0.15, 0.2) is 0 Å². The molecule has 0 radical (unpaired) electrons. The van der Waals surface area contributed by atoms with E-state index in [-0.39, 0.29) is 9.92 Å². The van der Waals surface area contributed by atoms with Crippen molar-refractivity contribution in [2.45, 2.75) is 11.8 Å². The lowest BCUT2D eigenvalue weighted by atomic mass is 10.4. The Kier molecular flexibility index (Phi) is 3.13. The van der Waals surface area contributed by atoms with Crippen LogP contribution in [-0.2, 0) is 14.8 Å². The number of halogens is 1. The summed E-state index contributed by atoms with van der Waals surface area (Å²) < 4.78 is 24.7. The lowest BCUT2D eigenvalue weighted by molar-refractivity contribution is -0.117. The highest BCUT2D eigenvalue weighted by molar-refractivity contribution is 7.90. The first-order chi connectivity index (χ1) is 6.43. The third-order valence-corrected chi connectivity index (χ3v) is 3.34. The van der Waals surface area contributed by atoms with Crippen LogP contribution in [0.25, 0.3) is 0 Å². The van der Waals surface area contributed by atoms with Crippen molar-refractivity contribution in [3.05, 3.63) is 29.3 Å². The van der Waals surface area contributed by atoms with Crippen molar-refractivity contribution in [3.8, 4) is 0 Å². The summed E-state index contributed by atoms with van der Waals surface area (Å²) in [5.74, 6) is -0.648. The molecule has 0 bridgehead atoms. The summed E-state index contributed by atoms with van der Waals surface area (Å²) in [5, 5.41) is 0.0845. The Morgan fingerprint density at radius 1 is 1.36 bits per heavy atom. The van der Waals surface area contributed by atoms with E-state index in [9.17, 15) is 13.2 Å². The van der Waals surface area contributed by atoms with Crippen molar-refractivity contribution >= 4 is 27.5 Å². The second kappa shape index (κ2) is 3.98. The number of amides is 1. The normalized spacial score (nSPS) is 11.0. The van der Waals surface area contributed by atoms with E-state index in [0.717, 1.165) is 6.92 Å². The minimum Gasteiger partial charge on any atom is -0.274 e. The molecule has 0 spiro atoms. The summed E-state index contributed by atoms with van der Waals surface area (Å²) in [6.45, 7) is 1.12. The Balaban J connectivity index is 3.17. The van der Waals surface area contributed by atoms with Gasteiger partial charge in [0.1, 0.15) is 4.90 Å². The number of nitrogens with one attached hydrogen (secondary N) is 1. The van der Waals surface area contributed by atoms with Gasteiger partial charge >= 0.3 is 0 Å². The Labute approximate surface area is 86.9 Å². The Morgan fingerprint density at radius 3 is 2.43 bits per heavy atom. The maximum absolute atomic E-state index is 11.4. The molecular weight excluding hydrogens is 226 g/mol. The lowest BCUT2D eigenvalue weighted by Crippen LogP contribution is -2.28. The summed E-state index contributed by atoms with van der Waals surface area (Å²) in [6.07, 6.45) is 0. The van der Waals surface area contributed by atoms with E-state index in [4.69, 9.17) is 11.6 Å². The number of rotatable bonds is 2.